The van der Waals surface area contributed by atoms with Crippen molar-refractivity contribution >= 4 is 40.0 Å². The Hall–Kier alpha value is -2.84. The first-order chi connectivity index (χ1) is 13.7. The largest absolute Gasteiger partial charge is 0.346 e. The minimum atomic E-state index is -0.209. The Morgan fingerprint density at radius 1 is 1.00 bits per heavy atom. The first-order valence-corrected chi connectivity index (χ1v) is 10.5. The Morgan fingerprint density at radius 2 is 1.71 bits per heavy atom. The van der Waals surface area contributed by atoms with Gasteiger partial charge in [-0.15, -0.1) is 10.2 Å². The van der Waals surface area contributed by atoms with Crippen LogP contribution in [0.4, 0.5) is 0 Å². The molecule has 4 aromatic rings. The lowest BCUT2D eigenvalue weighted by Crippen LogP contribution is -2.22. The van der Waals surface area contributed by atoms with Gasteiger partial charge in [0.2, 0.25) is 5.01 Å². The molecule has 6 nitrogen and oxygen atoms in total. The minimum Gasteiger partial charge on any atom is -0.346 e. The fourth-order valence-electron chi connectivity index (χ4n) is 2.60. The van der Waals surface area contributed by atoms with Crippen LogP contribution in [0.25, 0.3) is 11.0 Å². The highest BCUT2D eigenvalue weighted by Crippen LogP contribution is 2.26. The molecule has 0 bridgehead atoms. The Morgan fingerprint density at radius 3 is 2.50 bits per heavy atom. The number of carbonyl (C=O) groups is 1. The summed E-state index contributed by atoms with van der Waals surface area (Å²) in [5.41, 5.74) is 3.68. The van der Waals surface area contributed by atoms with E-state index in [2.05, 4.69) is 25.5 Å². The van der Waals surface area contributed by atoms with Gasteiger partial charge in [0.15, 0.2) is 0 Å². The van der Waals surface area contributed by atoms with Crippen molar-refractivity contribution in [1.29, 1.82) is 0 Å². The molecule has 2 aromatic heterocycles. The molecule has 0 spiro atoms. The quantitative estimate of drug-likeness (QED) is 0.487. The molecule has 1 N–H and O–H groups in total. The van der Waals surface area contributed by atoms with Crippen LogP contribution in [0.5, 0.6) is 0 Å². The van der Waals surface area contributed by atoms with E-state index in [0.29, 0.717) is 17.3 Å². The van der Waals surface area contributed by atoms with Crippen LogP contribution in [-0.4, -0.2) is 26.1 Å². The third-order valence-electron chi connectivity index (χ3n) is 3.99. The van der Waals surface area contributed by atoms with Gasteiger partial charge in [-0.3, -0.25) is 4.79 Å². The van der Waals surface area contributed by atoms with Crippen LogP contribution in [0.2, 0.25) is 0 Å². The zero-order valence-electron chi connectivity index (χ0n) is 15.1. The number of para-hydroxylation sites is 2. The smallest absolute Gasteiger partial charge is 0.282 e. The van der Waals surface area contributed by atoms with E-state index in [1.807, 2.05) is 61.5 Å². The van der Waals surface area contributed by atoms with Crippen molar-refractivity contribution < 1.29 is 4.79 Å². The van der Waals surface area contributed by atoms with Gasteiger partial charge in [0.25, 0.3) is 5.91 Å². The number of nitrogens with zero attached hydrogens (tertiary/aromatic N) is 4. The number of amides is 1. The summed E-state index contributed by atoms with van der Waals surface area (Å²) in [5, 5.41) is 13.0. The summed E-state index contributed by atoms with van der Waals surface area (Å²) in [6.07, 6.45) is 0. The molecular formula is C20H17N5OS2. The lowest BCUT2D eigenvalue weighted by Gasteiger charge is -2.04. The van der Waals surface area contributed by atoms with E-state index in [-0.39, 0.29) is 5.91 Å². The molecule has 2 aromatic carbocycles. The average molecular weight is 408 g/mol. The van der Waals surface area contributed by atoms with Crippen LogP contribution in [0.3, 0.4) is 0 Å². The molecule has 2 heterocycles. The van der Waals surface area contributed by atoms with Crippen molar-refractivity contribution in [1.82, 2.24) is 25.5 Å². The third kappa shape index (κ3) is 4.35. The van der Waals surface area contributed by atoms with Crippen LogP contribution < -0.4 is 5.32 Å². The number of rotatable bonds is 6. The van der Waals surface area contributed by atoms with Gasteiger partial charge in [-0.25, -0.2) is 9.97 Å². The van der Waals surface area contributed by atoms with Gasteiger partial charge in [-0.05, 0) is 24.6 Å². The molecular weight excluding hydrogens is 390 g/mol. The average Bonchev–Trinajstić information content (AvgIpc) is 3.20. The summed E-state index contributed by atoms with van der Waals surface area (Å²) in [5.74, 6) is 0.386. The Labute approximate surface area is 170 Å². The molecule has 8 heteroatoms. The molecule has 0 radical (unpaired) electrons. The molecule has 0 saturated heterocycles. The number of hydrogen-bond acceptors (Lipinski definition) is 7. The summed E-state index contributed by atoms with van der Waals surface area (Å²) >= 11 is 2.85. The Balaban J connectivity index is 1.38. The standard InChI is InChI=1S/C20H17N5OS2/c1-13-19(23-16-10-6-5-9-15(16)22-13)27-12-17-24-25-20(28-17)18(26)21-11-14-7-3-2-4-8-14/h2-10H,11-12H2,1H3,(H,21,26). The van der Waals surface area contributed by atoms with Gasteiger partial charge in [-0.2, -0.15) is 0 Å². The topological polar surface area (TPSA) is 80.7 Å². The zero-order valence-corrected chi connectivity index (χ0v) is 16.8. The normalized spacial score (nSPS) is 10.9. The molecule has 0 aliphatic carbocycles. The summed E-state index contributed by atoms with van der Waals surface area (Å²) in [7, 11) is 0. The van der Waals surface area contributed by atoms with Gasteiger partial charge in [0.1, 0.15) is 10.0 Å². The summed E-state index contributed by atoms with van der Waals surface area (Å²) < 4.78 is 0. The maximum atomic E-state index is 12.3. The predicted octanol–water partition coefficient (Wildman–Crippen LogP) is 4.01. The lowest BCUT2D eigenvalue weighted by molar-refractivity contribution is 0.0950. The van der Waals surface area contributed by atoms with E-state index in [0.717, 1.165) is 32.3 Å². The highest BCUT2D eigenvalue weighted by molar-refractivity contribution is 7.98. The van der Waals surface area contributed by atoms with E-state index in [4.69, 9.17) is 0 Å². The number of aryl methyl sites for hydroxylation is 1. The predicted molar refractivity (Wildman–Crippen MR) is 111 cm³/mol. The number of benzene rings is 2. The van der Waals surface area contributed by atoms with E-state index in [1.165, 1.54) is 11.3 Å². The van der Waals surface area contributed by atoms with Gasteiger partial charge in [0, 0.05) is 6.54 Å². The minimum absolute atomic E-state index is 0.209. The molecule has 0 atom stereocenters. The number of fused-ring (bicyclic) bond motifs is 1. The van der Waals surface area contributed by atoms with E-state index >= 15 is 0 Å². The van der Waals surface area contributed by atoms with Crippen molar-refractivity contribution in [2.75, 3.05) is 0 Å². The van der Waals surface area contributed by atoms with Crippen LogP contribution in [0.15, 0.2) is 59.6 Å². The molecule has 1 amide bonds. The number of aromatic nitrogens is 4. The van der Waals surface area contributed by atoms with Crippen molar-refractivity contribution in [2.24, 2.45) is 0 Å². The number of thioether (sulfide) groups is 1. The highest BCUT2D eigenvalue weighted by atomic mass is 32.2. The summed E-state index contributed by atoms with van der Waals surface area (Å²) in [4.78, 5) is 21.5. The molecule has 4 rings (SSSR count). The van der Waals surface area contributed by atoms with Crippen molar-refractivity contribution in [3.63, 3.8) is 0 Å². The third-order valence-corrected chi connectivity index (χ3v) is 6.17. The molecule has 0 fully saturated rings. The number of nitrogens with one attached hydrogen (secondary N) is 1. The van der Waals surface area contributed by atoms with Crippen LogP contribution in [-0.2, 0) is 12.3 Å². The van der Waals surface area contributed by atoms with Crippen molar-refractivity contribution in [2.45, 2.75) is 24.2 Å². The fraction of sp³-hybridized carbons (Fsp3) is 0.150. The lowest BCUT2D eigenvalue weighted by atomic mass is 10.2. The molecule has 28 heavy (non-hydrogen) atoms. The number of hydrogen-bond donors (Lipinski definition) is 1. The Bertz CT molecular complexity index is 1110. The second-order valence-electron chi connectivity index (χ2n) is 6.06. The van der Waals surface area contributed by atoms with Gasteiger partial charge < -0.3 is 5.32 Å². The molecule has 0 aliphatic heterocycles. The molecule has 0 aliphatic rings. The highest BCUT2D eigenvalue weighted by Gasteiger charge is 2.14. The van der Waals surface area contributed by atoms with Crippen LogP contribution >= 0.6 is 23.1 Å². The van der Waals surface area contributed by atoms with E-state index in [9.17, 15) is 4.79 Å². The second kappa shape index (κ2) is 8.45. The van der Waals surface area contributed by atoms with Crippen molar-refractivity contribution in [3.8, 4) is 0 Å². The fourth-order valence-corrected chi connectivity index (χ4v) is 4.30. The molecule has 0 saturated carbocycles. The van der Waals surface area contributed by atoms with E-state index < -0.39 is 0 Å². The van der Waals surface area contributed by atoms with Gasteiger partial charge >= 0.3 is 0 Å². The SMILES string of the molecule is Cc1nc2ccccc2nc1SCc1nnc(C(=O)NCc2ccccc2)s1. The molecule has 0 unspecified atom stereocenters. The second-order valence-corrected chi connectivity index (χ2v) is 8.09. The monoisotopic (exact) mass is 407 g/mol. The summed E-state index contributed by atoms with van der Waals surface area (Å²) in [6.45, 7) is 2.42. The van der Waals surface area contributed by atoms with E-state index in [1.54, 1.807) is 11.8 Å². The van der Waals surface area contributed by atoms with Crippen molar-refractivity contribution in [3.05, 3.63) is 75.9 Å². The number of carbonyl (C=O) groups excluding carboxylic acids is 1. The Kier molecular flexibility index (Phi) is 5.59. The molecule has 140 valence electrons. The maximum Gasteiger partial charge on any atom is 0.282 e. The van der Waals surface area contributed by atoms with Crippen LogP contribution in [0, 0.1) is 6.92 Å². The zero-order chi connectivity index (χ0) is 19.3. The maximum absolute atomic E-state index is 12.3. The van der Waals surface area contributed by atoms with Gasteiger partial charge in [0.05, 0.1) is 22.5 Å². The first-order valence-electron chi connectivity index (χ1n) is 8.70. The van der Waals surface area contributed by atoms with Crippen LogP contribution in [0.1, 0.15) is 26.1 Å². The first kappa shape index (κ1) is 18.5. The van der Waals surface area contributed by atoms with Gasteiger partial charge in [-0.1, -0.05) is 65.6 Å². The summed E-state index contributed by atoms with van der Waals surface area (Å²) in [6, 6.07) is 17.6.